The van der Waals surface area contributed by atoms with Crippen LogP contribution in [-0.4, -0.2) is 4.92 Å². The normalized spacial score (nSPS) is 10.8. The predicted molar refractivity (Wildman–Crippen MR) is 71.0 cm³/mol. The molecule has 0 radical (unpaired) electrons. The molecule has 0 aliphatic carbocycles. The van der Waals surface area contributed by atoms with Crippen molar-refractivity contribution >= 4 is 5.69 Å². The highest BCUT2D eigenvalue weighted by atomic mass is 16.6. The molecule has 0 atom stereocenters. The van der Waals surface area contributed by atoms with Crippen LogP contribution in [0.4, 0.5) is 5.69 Å². The summed E-state index contributed by atoms with van der Waals surface area (Å²) in [5.41, 5.74) is -0.1000. The van der Waals surface area contributed by atoms with E-state index in [2.05, 4.69) is 0 Å². The highest BCUT2D eigenvalue weighted by Crippen LogP contribution is 2.48. The summed E-state index contributed by atoms with van der Waals surface area (Å²) in [7, 11) is 0. The molecular formula is C14H13NO4. The minimum atomic E-state index is -0.490. The van der Waals surface area contributed by atoms with E-state index in [9.17, 15) is 10.1 Å². The minimum absolute atomic E-state index is 0.1000. The van der Waals surface area contributed by atoms with Gasteiger partial charge in [-0.25, -0.2) is 0 Å². The average molecular weight is 259 g/mol. The second kappa shape index (κ2) is 5.39. The van der Waals surface area contributed by atoms with Gasteiger partial charge in [-0.05, 0) is 18.2 Å². The molecule has 1 aliphatic rings. The summed E-state index contributed by atoms with van der Waals surface area (Å²) >= 11 is 0. The van der Waals surface area contributed by atoms with Crippen LogP contribution in [-0.2, 0) is 0 Å². The van der Waals surface area contributed by atoms with Crippen LogP contribution >= 0.6 is 0 Å². The second-order valence-corrected chi connectivity index (χ2v) is 3.51. The zero-order valence-electron chi connectivity index (χ0n) is 10.6. The third kappa shape index (κ3) is 2.35. The Kier molecular flexibility index (Phi) is 3.66. The molecule has 1 heterocycles. The average Bonchev–Trinajstić information content (AvgIpc) is 2.46. The summed E-state index contributed by atoms with van der Waals surface area (Å²) in [6, 6.07) is 11.6. The van der Waals surface area contributed by atoms with Crippen LogP contribution in [0.2, 0.25) is 0 Å². The van der Waals surface area contributed by atoms with Crippen molar-refractivity contribution in [1.82, 2.24) is 0 Å². The lowest BCUT2D eigenvalue weighted by atomic mass is 10.2. The maximum absolute atomic E-state index is 10.9. The Hall–Kier alpha value is -2.56. The molecule has 0 fully saturated rings. The fourth-order valence-corrected chi connectivity index (χ4v) is 1.68. The first-order valence-electron chi connectivity index (χ1n) is 5.98. The van der Waals surface area contributed by atoms with Crippen molar-refractivity contribution in [2.45, 2.75) is 13.8 Å². The number of fused-ring (bicyclic) bond motifs is 2. The van der Waals surface area contributed by atoms with Gasteiger partial charge in [0.1, 0.15) is 0 Å². The van der Waals surface area contributed by atoms with Crippen LogP contribution in [0.25, 0.3) is 0 Å². The lowest BCUT2D eigenvalue weighted by Gasteiger charge is -2.19. The summed E-state index contributed by atoms with van der Waals surface area (Å²) in [6.07, 6.45) is 0. The van der Waals surface area contributed by atoms with E-state index >= 15 is 0 Å². The highest BCUT2D eigenvalue weighted by Gasteiger charge is 2.26. The Bertz CT molecular complexity index is 610. The van der Waals surface area contributed by atoms with E-state index in [0.717, 1.165) is 0 Å². The number of nitro benzene ring substituents is 1. The smallest absolute Gasteiger partial charge is 0.315 e. The first-order chi connectivity index (χ1) is 9.25. The van der Waals surface area contributed by atoms with Gasteiger partial charge in [0.25, 0.3) is 0 Å². The number of benzene rings is 2. The molecule has 0 saturated heterocycles. The van der Waals surface area contributed by atoms with Crippen molar-refractivity contribution in [1.29, 1.82) is 0 Å². The second-order valence-electron chi connectivity index (χ2n) is 3.51. The maximum atomic E-state index is 10.9. The Morgan fingerprint density at radius 3 is 2.11 bits per heavy atom. The van der Waals surface area contributed by atoms with Gasteiger partial charge < -0.3 is 9.47 Å². The molecular weight excluding hydrogens is 246 g/mol. The molecule has 0 saturated carbocycles. The predicted octanol–water partition coefficient (Wildman–Crippen LogP) is 4.52. The fourth-order valence-electron chi connectivity index (χ4n) is 1.68. The van der Waals surface area contributed by atoms with E-state index in [-0.39, 0.29) is 11.4 Å². The van der Waals surface area contributed by atoms with Gasteiger partial charge in [0.05, 0.1) is 4.92 Å². The van der Waals surface area contributed by atoms with E-state index in [0.29, 0.717) is 17.2 Å². The van der Waals surface area contributed by atoms with Crippen LogP contribution in [0.5, 0.6) is 23.0 Å². The quantitative estimate of drug-likeness (QED) is 0.476. The minimum Gasteiger partial charge on any atom is -0.449 e. The summed E-state index contributed by atoms with van der Waals surface area (Å²) in [5, 5.41) is 10.9. The summed E-state index contributed by atoms with van der Waals surface area (Å²) < 4.78 is 11.0. The summed E-state index contributed by atoms with van der Waals surface area (Å²) in [5.74, 6) is 1.55. The summed E-state index contributed by atoms with van der Waals surface area (Å²) in [4.78, 5) is 10.4. The van der Waals surface area contributed by atoms with Gasteiger partial charge in [0.15, 0.2) is 17.2 Å². The number of nitrogens with zero attached hydrogens (tertiary/aromatic N) is 1. The van der Waals surface area contributed by atoms with Crippen molar-refractivity contribution in [2.75, 3.05) is 0 Å². The zero-order chi connectivity index (χ0) is 13.8. The van der Waals surface area contributed by atoms with E-state index < -0.39 is 4.92 Å². The molecule has 98 valence electrons. The van der Waals surface area contributed by atoms with Crippen molar-refractivity contribution in [3.05, 3.63) is 52.6 Å². The van der Waals surface area contributed by atoms with Crippen LogP contribution in [0.1, 0.15) is 13.8 Å². The number of nitro groups is 1. The van der Waals surface area contributed by atoms with E-state index in [4.69, 9.17) is 9.47 Å². The van der Waals surface area contributed by atoms with Crippen LogP contribution in [0, 0.1) is 10.1 Å². The van der Waals surface area contributed by atoms with Gasteiger partial charge in [-0.1, -0.05) is 32.0 Å². The largest absolute Gasteiger partial charge is 0.449 e. The van der Waals surface area contributed by atoms with E-state index in [1.807, 2.05) is 19.9 Å². The third-order valence-corrected chi connectivity index (χ3v) is 2.44. The molecule has 1 aliphatic heterocycles. The molecule has 0 N–H and O–H groups in total. The standard InChI is InChI=1S/C12H7NO4.C2H6/c14-13(15)8-4-3-7-11-12(8)17-10-6-2-1-5-9(10)16-11;1-2/h1-7H;1-2H3. The highest BCUT2D eigenvalue weighted by molar-refractivity contribution is 5.62. The molecule has 0 bridgehead atoms. The maximum Gasteiger partial charge on any atom is 0.315 e. The number of hydrogen-bond donors (Lipinski definition) is 0. The van der Waals surface area contributed by atoms with Crippen molar-refractivity contribution < 1.29 is 14.4 Å². The molecule has 0 unspecified atom stereocenters. The Morgan fingerprint density at radius 1 is 0.895 bits per heavy atom. The van der Waals surface area contributed by atoms with Gasteiger partial charge in [0.2, 0.25) is 5.75 Å². The summed E-state index contributed by atoms with van der Waals surface area (Å²) in [6.45, 7) is 4.00. The Morgan fingerprint density at radius 2 is 1.47 bits per heavy atom. The SMILES string of the molecule is CC.O=[N+]([O-])c1cccc2c1Oc1ccccc1O2. The number of rotatable bonds is 1. The van der Waals surface area contributed by atoms with Gasteiger partial charge in [-0.15, -0.1) is 0 Å². The lowest BCUT2D eigenvalue weighted by Crippen LogP contribution is -2.01. The Balaban J connectivity index is 0.000000637. The number of ether oxygens (including phenoxy) is 2. The molecule has 0 amide bonds. The monoisotopic (exact) mass is 259 g/mol. The van der Waals surface area contributed by atoms with Crippen molar-refractivity contribution in [3.8, 4) is 23.0 Å². The molecule has 0 spiro atoms. The van der Waals surface area contributed by atoms with Gasteiger partial charge in [0, 0.05) is 6.07 Å². The lowest BCUT2D eigenvalue weighted by molar-refractivity contribution is -0.385. The molecule has 3 rings (SSSR count). The van der Waals surface area contributed by atoms with Gasteiger partial charge >= 0.3 is 5.69 Å². The number of para-hydroxylation sites is 3. The van der Waals surface area contributed by atoms with Crippen LogP contribution in [0.15, 0.2) is 42.5 Å². The molecule has 2 aromatic carbocycles. The van der Waals surface area contributed by atoms with Crippen molar-refractivity contribution in [2.24, 2.45) is 0 Å². The number of hydrogen-bond acceptors (Lipinski definition) is 4. The van der Waals surface area contributed by atoms with Crippen LogP contribution < -0.4 is 9.47 Å². The molecule has 5 heteroatoms. The topological polar surface area (TPSA) is 61.6 Å². The molecule has 2 aromatic rings. The molecule has 0 aromatic heterocycles. The third-order valence-electron chi connectivity index (χ3n) is 2.44. The zero-order valence-corrected chi connectivity index (χ0v) is 10.6. The molecule has 19 heavy (non-hydrogen) atoms. The Labute approximate surface area is 110 Å². The van der Waals surface area contributed by atoms with E-state index in [1.54, 1.807) is 30.3 Å². The van der Waals surface area contributed by atoms with Gasteiger partial charge in [-0.2, -0.15) is 0 Å². The first-order valence-corrected chi connectivity index (χ1v) is 5.98. The van der Waals surface area contributed by atoms with Gasteiger partial charge in [-0.3, -0.25) is 10.1 Å². The fraction of sp³-hybridized carbons (Fsp3) is 0.143. The van der Waals surface area contributed by atoms with E-state index in [1.165, 1.54) is 6.07 Å². The molecule has 5 nitrogen and oxygen atoms in total. The first kappa shape index (κ1) is 12.9. The van der Waals surface area contributed by atoms with Crippen LogP contribution in [0.3, 0.4) is 0 Å². The van der Waals surface area contributed by atoms with Crippen molar-refractivity contribution in [3.63, 3.8) is 0 Å².